The third-order valence-corrected chi connectivity index (χ3v) is 6.13. The Hall–Kier alpha value is -3.16. The van der Waals surface area contributed by atoms with E-state index in [1.54, 1.807) is 24.3 Å². The quantitative estimate of drug-likeness (QED) is 0.310. The standard InChI is InChI=1S/C24H19ClFN3O2S/c1-14-7-8-15(2)21(11-14)27-22(30)13-32-24-28-20-6-4-3-5-17(20)23(31)29(24)16-9-10-19(26)18(25)12-16/h3-12H,13H2,1-2H3,(H,27,30). The number of benzene rings is 3. The summed E-state index contributed by atoms with van der Waals surface area (Å²) in [6.45, 7) is 3.87. The molecule has 8 heteroatoms. The fourth-order valence-electron chi connectivity index (χ4n) is 3.25. The van der Waals surface area contributed by atoms with E-state index in [0.717, 1.165) is 28.6 Å². The molecular formula is C24H19ClFN3O2S. The summed E-state index contributed by atoms with van der Waals surface area (Å²) >= 11 is 7.07. The van der Waals surface area contributed by atoms with Gasteiger partial charge in [-0.1, -0.05) is 47.6 Å². The lowest BCUT2D eigenvalue weighted by Crippen LogP contribution is -2.23. The fraction of sp³-hybridized carbons (Fsp3) is 0.125. The Morgan fingerprint density at radius 2 is 1.91 bits per heavy atom. The molecule has 0 atom stereocenters. The Morgan fingerprint density at radius 1 is 1.12 bits per heavy atom. The van der Waals surface area contributed by atoms with Gasteiger partial charge >= 0.3 is 0 Å². The van der Waals surface area contributed by atoms with E-state index >= 15 is 0 Å². The minimum atomic E-state index is -0.584. The van der Waals surface area contributed by atoms with Gasteiger partial charge in [0.05, 0.1) is 27.4 Å². The highest BCUT2D eigenvalue weighted by Crippen LogP contribution is 2.25. The first kappa shape index (κ1) is 22.0. The van der Waals surface area contributed by atoms with Gasteiger partial charge in [-0.25, -0.2) is 9.37 Å². The summed E-state index contributed by atoms with van der Waals surface area (Å²) in [6, 6.07) is 16.8. The van der Waals surface area contributed by atoms with Crippen molar-refractivity contribution in [2.24, 2.45) is 0 Å². The van der Waals surface area contributed by atoms with Crippen molar-refractivity contribution in [1.82, 2.24) is 9.55 Å². The van der Waals surface area contributed by atoms with Crippen molar-refractivity contribution in [2.75, 3.05) is 11.1 Å². The molecule has 3 aromatic carbocycles. The van der Waals surface area contributed by atoms with Crippen LogP contribution in [-0.4, -0.2) is 21.2 Å². The number of nitrogens with zero attached hydrogens (tertiary/aromatic N) is 2. The molecule has 0 aliphatic heterocycles. The summed E-state index contributed by atoms with van der Waals surface area (Å²) in [7, 11) is 0. The Morgan fingerprint density at radius 3 is 2.69 bits per heavy atom. The monoisotopic (exact) mass is 467 g/mol. The van der Waals surface area contributed by atoms with Crippen molar-refractivity contribution in [3.05, 3.63) is 93.0 Å². The topological polar surface area (TPSA) is 64.0 Å². The molecule has 0 spiro atoms. The number of rotatable bonds is 5. The number of thioether (sulfide) groups is 1. The van der Waals surface area contributed by atoms with E-state index in [1.807, 2.05) is 32.0 Å². The molecule has 5 nitrogen and oxygen atoms in total. The number of fused-ring (bicyclic) bond motifs is 1. The number of nitrogens with one attached hydrogen (secondary N) is 1. The van der Waals surface area contributed by atoms with E-state index in [4.69, 9.17) is 11.6 Å². The van der Waals surface area contributed by atoms with Crippen molar-refractivity contribution in [2.45, 2.75) is 19.0 Å². The third kappa shape index (κ3) is 4.54. The number of anilines is 1. The molecule has 0 bridgehead atoms. The number of hydrogen-bond donors (Lipinski definition) is 1. The average Bonchev–Trinajstić information content (AvgIpc) is 2.77. The molecule has 4 rings (SSSR count). The molecule has 1 N–H and O–H groups in total. The number of amides is 1. The predicted octanol–water partition coefficient (Wildman–Crippen LogP) is 5.53. The van der Waals surface area contributed by atoms with Crippen molar-refractivity contribution in [3.63, 3.8) is 0 Å². The number of para-hydroxylation sites is 1. The van der Waals surface area contributed by atoms with E-state index in [-0.39, 0.29) is 22.2 Å². The van der Waals surface area contributed by atoms with Gasteiger partial charge in [0.1, 0.15) is 5.82 Å². The summed E-state index contributed by atoms with van der Waals surface area (Å²) in [4.78, 5) is 30.4. The van der Waals surface area contributed by atoms with E-state index in [1.165, 1.54) is 22.8 Å². The first-order valence-electron chi connectivity index (χ1n) is 9.80. The summed E-state index contributed by atoms with van der Waals surface area (Å²) in [6.07, 6.45) is 0. The lowest BCUT2D eigenvalue weighted by Gasteiger charge is -2.14. The second-order valence-electron chi connectivity index (χ2n) is 7.31. The summed E-state index contributed by atoms with van der Waals surface area (Å²) in [5.41, 5.74) is 3.30. The van der Waals surface area contributed by atoms with Gasteiger partial charge in [0.25, 0.3) is 5.56 Å². The molecule has 32 heavy (non-hydrogen) atoms. The van der Waals surface area contributed by atoms with E-state index < -0.39 is 5.82 Å². The largest absolute Gasteiger partial charge is 0.325 e. The molecule has 0 radical (unpaired) electrons. The van der Waals surface area contributed by atoms with Gasteiger partial charge in [-0.05, 0) is 61.4 Å². The normalized spacial score (nSPS) is 11.0. The molecule has 0 saturated heterocycles. The van der Waals surface area contributed by atoms with Crippen molar-refractivity contribution >= 4 is 45.9 Å². The second-order valence-corrected chi connectivity index (χ2v) is 8.66. The summed E-state index contributed by atoms with van der Waals surface area (Å²) in [5.74, 6) is -0.776. The Kier molecular flexibility index (Phi) is 6.30. The van der Waals surface area contributed by atoms with Crippen LogP contribution in [0, 0.1) is 19.7 Å². The zero-order valence-corrected chi connectivity index (χ0v) is 18.9. The number of hydrogen-bond acceptors (Lipinski definition) is 4. The van der Waals surface area contributed by atoms with Crippen LogP contribution in [0.5, 0.6) is 0 Å². The number of carbonyl (C=O) groups excluding carboxylic acids is 1. The second kappa shape index (κ2) is 9.14. The lowest BCUT2D eigenvalue weighted by atomic mass is 10.1. The van der Waals surface area contributed by atoms with Crippen molar-refractivity contribution in [3.8, 4) is 5.69 Å². The zero-order chi connectivity index (χ0) is 22.8. The molecule has 0 aliphatic rings. The maximum atomic E-state index is 13.7. The average molecular weight is 468 g/mol. The van der Waals surface area contributed by atoms with Crippen molar-refractivity contribution in [1.29, 1.82) is 0 Å². The number of carbonyl (C=O) groups is 1. The van der Waals surface area contributed by atoms with Gasteiger partial charge < -0.3 is 5.32 Å². The predicted molar refractivity (Wildman–Crippen MR) is 128 cm³/mol. The smallest absolute Gasteiger partial charge is 0.266 e. The third-order valence-electron chi connectivity index (χ3n) is 4.91. The maximum Gasteiger partial charge on any atom is 0.266 e. The Balaban J connectivity index is 1.69. The minimum Gasteiger partial charge on any atom is -0.325 e. The van der Waals surface area contributed by atoms with Crippen LogP contribution in [-0.2, 0) is 4.79 Å². The molecule has 1 aromatic heterocycles. The van der Waals surface area contributed by atoms with Gasteiger partial charge in [-0.2, -0.15) is 0 Å². The molecular weight excluding hydrogens is 449 g/mol. The molecule has 4 aromatic rings. The summed E-state index contributed by atoms with van der Waals surface area (Å²) < 4.78 is 15.0. The number of halogens is 2. The van der Waals surface area contributed by atoms with E-state index in [0.29, 0.717) is 21.7 Å². The van der Waals surface area contributed by atoms with Crippen LogP contribution in [0.2, 0.25) is 5.02 Å². The fourth-order valence-corrected chi connectivity index (χ4v) is 4.24. The molecule has 0 saturated carbocycles. The van der Waals surface area contributed by atoms with Gasteiger partial charge in [-0.15, -0.1) is 0 Å². The number of aryl methyl sites for hydroxylation is 2. The van der Waals surface area contributed by atoms with Gasteiger partial charge in [0, 0.05) is 5.69 Å². The van der Waals surface area contributed by atoms with Gasteiger partial charge in [0.15, 0.2) is 5.16 Å². The van der Waals surface area contributed by atoms with Crippen LogP contribution in [0.4, 0.5) is 10.1 Å². The van der Waals surface area contributed by atoms with Crippen molar-refractivity contribution < 1.29 is 9.18 Å². The van der Waals surface area contributed by atoms with Gasteiger partial charge in [-0.3, -0.25) is 14.2 Å². The van der Waals surface area contributed by atoms with Crippen LogP contribution in [0.25, 0.3) is 16.6 Å². The van der Waals surface area contributed by atoms with E-state index in [9.17, 15) is 14.0 Å². The van der Waals surface area contributed by atoms with Crippen LogP contribution in [0.1, 0.15) is 11.1 Å². The van der Waals surface area contributed by atoms with Crippen LogP contribution in [0.3, 0.4) is 0 Å². The highest BCUT2D eigenvalue weighted by Gasteiger charge is 2.16. The molecule has 0 fully saturated rings. The maximum absolute atomic E-state index is 13.7. The van der Waals surface area contributed by atoms with Gasteiger partial charge in [0.2, 0.25) is 5.91 Å². The first-order valence-corrected chi connectivity index (χ1v) is 11.2. The highest BCUT2D eigenvalue weighted by atomic mass is 35.5. The van der Waals surface area contributed by atoms with Crippen LogP contribution in [0.15, 0.2) is 70.6 Å². The minimum absolute atomic E-state index is 0.0348. The lowest BCUT2D eigenvalue weighted by molar-refractivity contribution is -0.113. The molecule has 0 unspecified atom stereocenters. The molecule has 1 heterocycles. The van der Waals surface area contributed by atoms with E-state index in [2.05, 4.69) is 10.3 Å². The zero-order valence-electron chi connectivity index (χ0n) is 17.4. The Bertz CT molecular complexity index is 1400. The SMILES string of the molecule is Cc1ccc(C)c(NC(=O)CSc2nc3ccccc3c(=O)n2-c2ccc(F)c(Cl)c2)c1. The molecule has 162 valence electrons. The first-order chi connectivity index (χ1) is 15.3. The van der Waals surface area contributed by atoms with Crippen LogP contribution >= 0.6 is 23.4 Å². The molecule has 0 aliphatic carbocycles. The highest BCUT2D eigenvalue weighted by molar-refractivity contribution is 7.99. The molecule has 1 amide bonds. The Labute approximate surface area is 193 Å². The number of aromatic nitrogens is 2. The summed E-state index contributed by atoms with van der Waals surface area (Å²) in [5, 5.41) is 3.52. The van der Waals surface area contributed by atoms with Crippen LogP contribution < -0.4 is 10.9 Å².